The van der Waals surface area contributed by atoms with E-state index in [4.69, 9.17) is 26.7 Å². The van der Waals surface area contributed by atoms with Crippen molar-refractivity contribution in [3.8, 4) is 11.5 Å². The van der Waals surface area contributed by atoms with Gasteiger partial charge in [0, 0.05) is 36.8 Å². The molecule has 0 saturated carbocycles. The molecule has 7 N–H and O–H groups in total. The van der Waals surface area contributed by atoms with Crippen molar-refractivity contribution in [3.05, 3.63) is 87.8 Å². The molecule has 1 saturated heterocycles. The molecular formula is C31H33N5O4S. The summed E-state index contributed by atoms with van der Waals surface area (Å²) >= 11 is 1.24. The molecule has 2 unspecified atom stereocenters. The van der Waals surface area contributed by atoms with Crippen molar-refractivity contribution in [2.45, 2.75) is 30.7 Å². The zero-order valence-electron chi connectivity index (χ0n) is 23.1. The van der Waals surface area contributed by atoms with Crippen molar-refractivity contribution in [1.29, 1.82) is 0 Å². The van der Waals surface area contributed by atoms with Crippen LogP contribution >= 0.6 is 11.3 Å². The van der Waals surface area contributed by atoms with E-state index < -0.39 is 17.4 Å². The first-order valence-electron chi connectivity index (χ1n) is 13.4. The minimum absolute atomic E-state index is 0.140. The van der Waals surface area contributed by atoms with E-state index >= 15 is 0 Å². The van der Waals surface area contributed by atoms with Crippen LogP contribution in [-0.4, -0.2) is 56.0 Å². The number of rotatable bonds is 6. The van der Waals surface area contributed by atoms with Crippen LogP contribution in [0.15, 0.2) is 60.7 Å². The number of aryl methyl sites for hydroxylation is 1. The van der Waals surface area contributed by atoms with Gasteiger partial charge in [-0.1, -0.05) is 30.3 Å². The molecule has 212 valence electrons. The van der Waals surface area contributed by atoms with Crippen molar-refractivity contribution in [2.24, 2.45) is 11.5 Å². The standard InChI is InChI=1S/C31H33N5O4S/c1-16-13-18(40-17-7-5-4-6-8-17)9-10-19(16)31(34)20-11-12-21(32)27-24(20)25(26(33)29(31)37)28(41-27)30(38)35-22-14-36(2)15-23(22)39-3/h4-13,22-23,26H,14-15,32-34H2,1-3H3,(H,35,38)/t22-,23-,26?,31?/m0/s1. The Hall–Kier alpha value is -3.80. The van der Waals surface area contributed by atoms with E-state index in [1.165, 1.54) is 11.3 Å². The number of nitrogens with two attached hydrogens (primary N) is 3. The fourth-order valence-electron chi connectivity index (χ4n) is 6.17. The number of hydrogen-bond donors (Lipinski definition) is 4. The molecule has 0 radical (unpaired) electrons. The number of nitrogens with one attached hydrogen (secondary N) is 1. The number of anilines is 1. The molecule has 4 aromatic rings. The number of amides is 1. The number of hydrogen-bond acceptors (Lipinski definition) is 9. The van der Waals surface area contributed by atoms with E-state index in [2.05, 4.69) is 10.2 Å². The minimum atomic E-state index is -1.54. The summed E-state index contributed by atoms with van der Waals surface area (Å²) in [4.78, 5) is 30.3. The van der Waals surface area contributed by atoms with E-state index in [0.29, 0.717) is 61.9 Å². The highest BCUT2D eigenvalue weighted by Crippen LogP contribution is 2.50. The number of nitrogens with zero attached hydrogens (tertiary/aromatic N) is 1. The summed E-state index contributed by atoms with van der Waals surface area (Å²) in [6.07, 6.45) is -0.140. The number of methoxy groups -OCH3 is 1. The predicted octanol–water partition coefficient (Wildman–Crippen LogP) is 3.43. The number of Topliss-reactive ketones (excluding diaryl/α,β-unsaturated/α-hetero) is 1. The van der Waals surface area contributed by atoms with Crippen LogP contribution in [0.4, 0.5) is 5.69 Å². The van der Waals surface area contributed by atoms with E-state index in [9.17, 15) is 9.59 Å². The number of likely N-dealkylation sites (tertiary alicyclic amines) is 1. The molecule has 9 nitrogen and oxygen atoms in total. The molecular weight excluding hydrogens is 538 g/mol. The fourth-order valence-corrected chi connectivity index (χ4v) is 7.37. The maximum Gasteiger partial charge on any atom is 0.262 e. The minimum Gasteiger partial charge on any atom is -0.457 e. The Kier molecular flexibility index (Phi) is 6.83. The fraction of sp³-hybridized carbons (Fsp3) is 0.290. The summed E-state index contributed by atoms with van der Waals surface area (Å²) in [6.45, 7) is 3.25. The zero-order valence-corrected chi connectivity index (χ0v) is 24.0. The van der Waals surface area contributed by atoms with Gasteiger partial charge in [-0.25, -0.2) is 0 Å². The van der Waals surface area contributed by atoms with Gasteiger partial charge in [-0.2, -0.15) is 0 Å². The van der Waals surface area contributed by atoms with Gasteiger partial charge in [0.15, 0.2) is 5.78 Å². The molecule has 6 rings (SSSR count). The first kappa shape index (κ1) is 27.4. The highest BCUT2D eigenvalue weighted by atomic mass is 32.1. The molecule has 1 amide bonds. The Morgan fingerprint density at radius 1 is 1.07 bits per heavy atom. The van der Waals surface area contributed by atoms with Gasteiger partial charge in [0.1, 0.15) is 17.0 Å². The van der Waals surface area contributed by atoms with Gasteiger partial charge in [-0.05, 0) is 61.0 Å². The van der Waals surface area contributed by atoms with Crippen LogP contribution < -0.4 is 27.3 Å². The van der Waals surface area contributed by atoms with Crippen molar-refractivity contribution in [2.75, 3.05) is 33.0 Å². The normalized spacial score (nSPS) is 24.1. The molecule has 4 atom stereocenters. The average molecular weight is 572 g/mol. The first-order chi connectivity index (χ1) is 19.6. The van der Waals surface area contributed by atoms with Crippen LogP contribution in [-0.2, 0) is 15.1 Å². The molecule has 41 heavy (non-hydrogen) atoms. The maximum absolute atomic E-state index is 14.2. The Morgan fingerprint density at radius 3 is 2.51 bits per heavy atom. The summed E-state index contributed by atoms with van der Waals surface area (Å²) in [5, 5.41) is 3.77. The Bertz CT molecular complexity index is 1670. The lowest BCUT2D eigenvalue weighted by Crippen LogP contribution is -2.53. The first-order valence-corrected chi connectivity index (χ1v) is 14.3. The largest absolute Gasteiger partial charge is 0.457 e. The van der Waals surface area contributed by atoms with Gasteiger partial charge < -0.3 is 36.9 Å². The van der Waals surface area contributed by atoms with Crippen LogP contribution in [0.25, 0.3) is 10.1 Å². The van der Waals surface area contributed by atoms with Crippen LogP contribution in [0.3, 0.4) is 0 Å². The lowest BCUT2D eigenvalue weighted by atomic mass is 9.69. The topological polar surface area (TPSA) is 146 Å². The van der Waals surface area contributed by atoms with Gasteiger partial charge in [-0.3, -0.25) is 9.59 Å². The molecule has 3 aromatic carbocycles. The summed E-state index contributed by atoms with van der Waals surface area (Å²) < 4.78 is 12.3. The summed E-state index contributed by atoms with van der Waals surface area (Å²) in [5.41, 5.74) is 21.5. The molecule has 0 spiro atoms. The quantitative estimate of drug-likeness (QED) is 0.258. The van der Waals surface area contributed by atoms with Gasteiger partial charge >= 0.3 is 0 Å². The Labute approximate surface area is 242 Å². The number of likely N-dealkylation sites (N-methyl/N-ethyl adjacent to an activating group) is 1. The highest BCUT2D eigenvalue weighted by Gasteiger charge is 2.49. The number of para-hydroxylation sites is 1. The number of thiophene rings is 1. The number of benzene rings is 3. The molecule has 1 aliphatic heterocycles. The Balaban J connectivity index is 1.43. The van der Waals surface area contributed by atoms with E-state index in [-0.39, 0.29) is 18.1 Å². The van der Waals surface area contributed by atoms with Crippen molar-refractivity contribution < 1.29 is 19.1 Å². The van der Waals surface area contributed by atoms with Gasteiger partial charge in [0.25, 0.3) is 5.91 Å². The lowest BCUT2D eigenvalue weighted by molar-refractivity contribution is -0.124. The van der Waals surface area contributed by atoms with Gasteiger partial charge in [0.2, 0.25) is 0 Å². The number of ketones is 1. The third-order valence-electron chi connectivity index (χ3n) is 8.19. The van der Waals surface area contributed by atoms with Crippen LogP contribution in [0.5, 0.6) is 11.5 Å². The third kappa shape index (κ3) is 4.39. The average Bonchev–Trinajstić information content (AvgIpc) is 3.53. The maximum atomic E-state index is 14.2. The zero-order chi connectivity index (χ0) is 29.1. The number of carbonyl (C=O) groups is 2. The predicted molar refractivity (Wildman–Crippen MR) is 160 cm³/mol. The third-order valence-corrected chi connectivity index (χ3v) is 9.44. The second-order valence-corrected chi connectivity index (χ2v) is 11.9. The lowest BCUT2D eigenvalue weighted by Gasteiger charge is -2.37. The molecule has 1 fully saturated rings. The number of carbonyl (C=O) groups excluding carboxylic acids is 2. The van der Waals surface area contributed by atoms with Crippen LogP contribution in [0, 0.1) is 6.92 Å². The van der Waals surface area contributed by atoms with Crippen molar-refractivity contribution in [3.63, 3.8) is 0 Å². The second kappa shape index (κ2) is 10.2. The SMILES string of the molecule is CO[C@H]1CN(C)C[C@@H]1NC(=O)c1sc2c(N)ccc3c2c1C(N)C(=O)C3(N)c1ccc(Oc2ccccc2)cc1C. The van der Waals surface area contributed by atoms with Crippen molar-refractivity contribution >= 4 is 38.8 Å². The van der Waals surface area contributed by atoms with E-state index in [1.54, 1.807) is 25.3 Å². The molecule has 2 aliphatic rings. The Morgan fingerprint density at radius 2 is 1.80 bits per heavy atom. The molecule has 0 bridgehead atoms. The molecule has 1 aromatic heterocycles. The smallest absolute Gasteiger partial charge is 0.262 e. The monoisotopic (exact) mass is 571 g/mol. The van der Waals surface area contributed by atoms with Crippen LogP contribution in [0.2, 0.25) is 0 Å². The van der Waals surface area contributed by atoms with Crippen LogP contribution in [0.1, 0.15) is 38.0 Å². The summed E-state index contributed by atoms with van der Waals surface area (Å²) in [7, 11) is 3.61. The van der Waals surface area contributed by atoms with E-state index in [0.717, 1.165) is 5.56 Å². The molecule has 1 aliphatic carbocycles. The second-order valence-electron chi connectivity index (χ2n) is 10.9. The molecule has 10 heteroatoms. The highest BCUT2D eigenvalue weighted by molar-refractivity contribution is 7.21. The molecule has 2 heterocycles. The van der Waals surface area contributed by atoms with E-state index in [1.807, 2.05) is 56.4 Å². The van der Waals surface area contributed by atoms with Gasteiger partial charge in [-0.15, -0.1) is 11.3 Å². The summed E-state index contributed by atoms with van der Waals surface area (Å²) in [5.74, 6) is 0.630. The van der Waals surface area contributed by atoms with Crippen molar-refractivity contribution in [1.82, 2.24) is 10.2 Å². The summed E-state index contributed by atoms with van der Waals surface area (Å²) in [6, 6.07) is 17.1. The van der Waals surface area contributed by atoms with Gasteiger partial charge in [0.05, 0.1) is 27.8 Å². The number of ether oxygens (including phenoxy) is 2. The number of nitrogen functional groups attached to an aromatic ring is 1.